The smallest absolute Gasteiger partial charge is 0.155 e. The van der Waals surface area contributed by atoms with E-state index in [2.05, 4.69) is 19.9 Å². The van der Waals surface area contributed by atoms with Crippen molar-refractivity contribution in [2.45, 2.75) is 71.8 Å². The summed E-state index contributed by atoms with van der Waals surface area (Å²) in [6.45, 7) is 6.77. The molecule has 0 bridgehead atoms. The minimum Gasteiger partial charge on any atom is -0.389 e. The van der Waals surface area contributed by atoms with Gasteiger partial charge in [0.15, 0.2) is 5.78 Å². The first-order valence-corrected chi connectivity index (χ1v) is 9.49. The van der Waals surface area contributed by atoms with Gasteiger partial charge in [-0.1, -0.05) is 25.5 Å². The maximum atomic E-state index is 11.9. The highest BCUT2D eigenvalue weighted by atomic mass is 16.3. The van der Waals surface area contributed by atoms with Gasteiger partial charge in [-0.2, -0.15) is 0 Å². The molecule has 23 heavy (non-hydrogen) atoms. The number of hydrogen-bond donors (Lipinski definition) is 1. The first kappa shape index (κ1) is 15.6. The lowest BCUT2D eigenvalue weighted by Gasteiger charge is -2.58. The quantitative estimate of drug-likeness (QED) is 0.727. The van der Waals surface area contributed by atoms with E-state index in [1.807, 2.05) is 13.0 Å². The molecule has 126 valence electrons. The number of allylic oxidation sites excluding steroid dienone is 3. The summed E-state index contributed by atoms with van der Waals surface area (Å²) in [6.07, 6.45) is 11.8. The van der Waals surface area contributed by atoms with Crippen molar-refractivity contribution in [1.29, 1.82) is 0 Å². The predicted molar refractivity (Wildman–Crippen MR) is 91.9 cm³/mol. The zero-order chi connectivity index (χ0) is 16.4. The lowest BCUT2D eigenvalue weighted by atomic mass is 9.47. The third-order valence-electron chi connectivity index (χ3n) is 8.05. The maximum absolute atomic E-state index is 11.9. The van der Waals surface area contributed by atoms with Crippen molar-refractivity contribution in [3.05, 3.63) is 23.3 Å². The van der Waals surface area contributed by atoms with Gasteiger partial charge in [0.1, 0.15) is 0 Å². The second kappa shape index (κ2) is 5.05. The van der Waals surface area contributed by atoms with Crippen LogP contribution in [-0.2, 0) is 4.79 Å². The first-order valence-electron chi connectivity index (χ1n) is 9.49. The standard InChI is InChI=1S/C21H30O2/c1-13(22)17-6-7-18-16-5-4-14-12-15(23)8-10-20(14,2)19(16)9-11-21(17,18)3/h6,12-13,16,18-19,22H,4-5,7-11H2,1-3H3/t13-,16-,18-,19-,20-,21+/m0/s1. The molecule has 0 aliphatic heterocycles. The second-order valence-corrected chi connectivity index (χ2v) is 9.00. The van der Waals surface area contributed by atoms with E-state index in [4.69, 9.17) is 0 Å². The SMILES string of the molecule is C[C@H](O)C1=CC[C@H]2[C@@H]3CCC4=CC(=O)CC[C@]4(C)[C@H]3CC[C@]12C. The van der Waals surface area contributed by atoms with Crippen molar-refractivity contribution in [2.75, 3.05) is 0 Å². The maximum Gasteiger partial charge on any atom is 0.155 e. The molecule has 2 nitrogen and oxygen atoms in total. The largest absolute Gasteiger partial charge is 0.389 e. The van der Waals surface area contributed by atoms with Gasteiger partial charge in [-0.25, -0.2) is 0 Å². The van der Waals surface area contributed by atoms with Crippen LogP contribution in [0.4, 0.5) is 0 Å². The van der Waals surface area contributed by atoms with E-state index in [0.29, 0.717) is 11.7 Å². The Kier molecular flexibility index (Phi) is 3.43. The van der Waals surface area contributed by atoms with Crippen LogP contribution in [0, 0.1) is 28.6 Å². The van der Waals surface area contributed by atoms with Gasteiger partial charge < -0.3 is 5.11 Å². The van der Waals surface area contributed by atoms with Crippen LogP contribution in [0.3, 0.4) is 0 Å². The molecule has 0 saturated heterocycles. The minimum absolute atomic E-state index is 0.206. The van der Waals surface area contributed by atoms with Crippen LogP contribution in [0.5, 0.6) is 0 Å². The molecule has 4 aliphatic carbocycles. The summed E-state index contributed by atoms with van der Waals surface area (Å²) >= 11 is 0. The average molecular weight is 314 g/mol. The highest BCUT2D eigenvalue weighted by Gasteiger charge is 2.57. The van der Waals surface area contributed by atoms with Crippen LogP contribution in [0.15, 0.2) is 23.3 Å². The third-order valence-corrected chi connectivity index (χ3v) is 8.05. The first-order chi connectivity index (χ1) is 10.9. The molecule has 6 atom stereocenters. The molecule has 0 amide bonds. The molecule has 0 unspecified atom stereocenters. The number of aliphatic hydroxyl groups excluding tert-OH is 1. The van der Waals surface area contributed by atoms with E-state index in [1.54, 1.807) is 0 Å². The van der Waals surface area contributed by atoms with Crippen molar-refractivity contribution in [3.8, 4) is 0 Å². The fourth-order valence-electron chi connectivity index (χ4n) is 6.81. The van der Waals surface area contributed by atoms with Crippen LogP contribution in [0.25, 0.3) is 0 Å². The molecule has 0 aromatic carbocycles. The molecule has 1 N–H and O–H groups in total. The topological polar surface area (TPSA) is 37.3 Å². The van der Waals surface area contributed by atoms with Crippen LogP contribution in [-0.4, -0.2) is 17.0 Å². The number of carbonyl (C=O) groups excluding carboxylic acids is 1. The molecular formula is C21H30O2. The second-order valence-electron chi connectivity index (χ2n) is 9.00. The van der Waals surface area contributed by atoms with E-state index in [-0.39, 0.29) is 16.9 Å². The van der Waals surface area contributed by atoms with Crippen molar-refractivity contribution in [3.63, 3.8) is 0 Å². The normalized spacial score (nSPS) is 47.1. The third kappa shape index (κ3) is 2.06. The number of rotatable bonds is 1. The molecule has 4 rings (SSSR count). The Hall–Kier alpha value is -0.890. The molecule has 0 aromatic rings. The summed E-state index contributed by atoms with van der Waals surface area (Å²) in [5, 5.41) is 10.2. The Morgan fingerprint density at radius 1 is 1.13 bits per heavy atom. The Labute approximate surface area is 140 Å². The Bertz CT molecular complexity index is 599. The number of fused-ring (bicyclic) bond motifs is 5. The van der Waals surface area contributed by atoms with Gasteiger partial charge in [-0.15, -0.1) is 0 Å². The average Bonchev–Trinajstić information content (AvgIpc) is 2.85. The lowest BCUT2D eigenvalue weighted by Crippen LogP contribution is -2.50. The summed E-state index contributed by atoms with van der Waals surface area (Å²) < 4.78 is 0. The number of hydrogen-bond acceptors (Lipinski definition) is 2. The van der Waals surface area contributed by atoms with E-state index < -0.39 is 0 Å². The van der Waals surface area contributed by atoms with Gasteiger partial charge in [-0.05, 0) is 85.7 Å². The highest BCUT2D eigenvalue weighted by molar-refractivity contribution is 5.91. The van der Waals surface area contributed by atoms with Crippen molar-refractivity contribution < 1.29 is 9.90 Å². The number of aliphatic hydroxyl groups is 1. The highest BCUT2D eigenvalue weighted by Crippen LogP contribution is 2.65. The molecular weight excluding hydrogens is 284 g/mol. The number of carbonyl (C=O) groups is 1. The zero-order valence-corrected chi connectivity index (χ0v) is 14.8. The molecule has 0 spiro atoms. The fourth-order valence-corrected chi connectivity index (χ4v) is 6.81. The van der Waals surface area contributed by atoms with Crippen LogP contribution in [0.2, 0.25) is 0 Å². The fraction of sp³-hybridized carbons (Fsp3) is 0.762. The van der Waals surface area contributed by atoms with Gasteiger partial charge in [0.2, 0.25) is 0 Å². The van der Waals surface area contributed by atoms with E-state index in [0.717, 1.165) is 37.5 Å². The summed E-state index contributed by atoms with van der Waals surface area (Å²) in [5.41, 5.74) is 3.20. The Balaban J connectivity index is 1.67. The Morgan fingerprint density at radius 3 is 2.65 bits per heavy atom. The molecule has 0 heterocycles. The summed E-state index contributed by atoms with van der Waals surface area (Å²) in [7, 11) is 0. The van der Waals surface area contributed by atoms with Crippen molar-refractivity contribution >= 4 is 5.78 Å². The van der Waals surface area contributed by atoms with Gasteiger partial charge in [0, 0.05) is 6.42 Å². The molecule has 2 fully saturated rings. The van der Waals surface area contributed by atoms with Crippen molar-refractivity contribution in [1.82, 2.24) is 0 Å². The van der Waals surface area contributed by atoms with Gasteiger partial charge >= 0.3 is 0 Å². The zero-order valence-electron chi connectivity index (χ0n) is 14.8. The predicted octanol–water partition coefficient (Wildman–Crippen LogP) is 4.44. The number of ketones is 1. The van der Waals surface area contributed by atoms with Crippen LogP contribution in [0.1, 0.15) is 65.7 Å². The molecule has 4 aliphatic rings. The monoisotopic (exact) mass is 314 g/mol. The van der Waals surface area contributed by atoms with Gasteiger partial charge in [0.05, 0.1) is 6.10 Å². The Morgan fingerprint density at radius 2 is 1.91 bits per heavy atom. The van der Waals surface area contributed by atoms with E-state index in [1.165, 1.54) is 30.4 Å². The summed E-state index contributed by atoms with van der Waals surface area (Å²) in [6, 6.07) is 0. The lowest BCUT2D eigenvalue weighted by molar-refractivity contribution is -0.117. The molecule has 0 aromatic heterocycles. The summed E-state index contributed by atoms with van der Waals surface area (Å²) in [5.74, 6) is 2.53. The molecule has 2 heteroatoms. The van der Waals surface area contributed by atoms with Crippen molar-refractivity contribution in [2.24, 2.45) is 28.6 Å². The van der Waals surface area contributed by atoms with E-state index in [9.17, 15) is 9.90 Å². The molecule has 0 radical (unpaired) electrons. The molecule has 2 saturated carbocycles. The van der Waals surface area contributed by atoms with E-state index >= 15 is 0 Å². The van der Waals surface area contributed by atoms with Gasteiger partial charge in [0.25, 0.3) is 0 Å². The van der Waals surface area contributed by atoms with Gasteiger partial charge in [-0.3, -0.25) is 4.79 Å². The van der Waals surface area contributed by atoms with Crippen LogP contribution < -0.4 is 0 Å². The summed E-state index contributed by atoms with van der Waals surface area (Å²) in [4.78, 5) is 11.9. The van der Waals surface area contributed by atoms with Crippen LogP contribution >= 0.6 is 0 Å². The minimum atomic E-state index is -0.302.